The van der Waals surface area contributed by atoms with Crippen molar-refractivity contribution in [3.63, 3.8) is 0 Å². The molecular weight excluding hydrogens is 360 g/mol. The molecule has 0 unspecified atom stereocenters. The van der Waals surface area contributed by atoms with Crippen LogP contribution < -0.4 is 5.32 Å². The number of pyridine rings is 1. The highest BCUT2D eigenvalue weighted by molar-refractivity contribution is 9.11. The Morgan fingerprint density at radius 3 is 2.72 bits per heavy atom. The van der Waals surface area contributed by atoms with Gasteiger partial charge in [-0.2, -0.15) is 0 Å². The van der Waals surface area contributed by atoms with E-state index in [1.165, 1.54) is 0 Å². The fourth-order valence-electron chi connectivity index (χ4n) is 1.58. The van der Waals surface area contributed by atoms with Crippen LogP contribution in [0.2, 0.25) is 0 Å². The summed E-state index contributed by atoms with van der Waals surface area (Å²) in [5.41, 5.74) is 1.82. The van der Waals surface area contributed by atoms with Gasteiger partial charge in [-0.25, -0.2) is 0 Å². The van der Waals surface area contributed by atoms with E-state index < -0.39 is 0 Å². The number of aromatic nitrogens is 1. The number of nitrogens with one attached hydrogen (secondary N) is 1. The van der Waals surface area contributed by atoms with Gasteiger partial charge in [0, 0.05) is 29.3 Å². The molecule has 0 radical (unpaired) electrons. The smallest absolute Gasteiger partial charge is 0.134 e. The van der Waals surface area contributed by atoms with Crippen molar-refractivity contribution in [1.82, 2.24) is 10.3 Å². The van der Waals surface area contributed by atoms with E-state index in [9.17, 15) is 5.11 Å². The molecule has 1 aromatic carbocycles. The number of hydrogen-bond donors (Lipinski definition) is 2. The second-order valence-corrected chi connectivity index (χ2v) is 5.59. The third-order valence-corrected chi connectivity index (χ3v) is 3.52. The molecule has 0 saturated heterocycles. The minimum atomic E-state index is 0.270. The maximum Gasteiger partial charge on any atom is 0.134 e. The number of phenols is 1. The van der Waals surface area contributed by atoms with E-state index >= 15 is 0 Å². The maximum absolute atomic E-state index is 9.90. The van der Waals surface area contributed by atoms with Gasteiger partial charge in [0.25, 0.3) is 0 Å². The first-order chi connectivity index (χ1) is 8.66. The number of rotatable bonds is 4. The summed E-state index contributed by atoms with van der Waals surface area (Å²) in [6.45, 7) is 1.25. The van der Waals surface area contributed by atoms with Crippen molar-refractivity contribution in [3.8, 4) is 5.75 Å². The van der Waals surface area contributed by atoms with Crippen molar-refractivity contribution in [2.45, 2.75) is 13.1 Å². The van der Waals surface area contributed by atoms with E-state index in [1.807, 2.05) is 30.3 Å². The van der Waals surface area contributed by atoms with Crippen LogP contribution in [0.4, 0.5) is 0 Å². The van der Waals surface area contributed by atoms with Crippen LogP contribution in [-0.4, -0.2) is 10.1 Å². The zero-order chi connectivity index (χ0) is 13.0. The van der Waals surface area contributed by atoms with E-state index in [-0.39, 0.29) is 5.75 Å². The lowest BCUT2D eigenvalue weighted by Gasteiger charge is -2.08. The lowest BCUT2D eigenvalue weighted by atomic mass is 10.2. The Morgan fingerprint density at radius 1 is 1.17 bits per heavy atom. The van der Waals surface area contributed by atoms with Crippen LogP contribution in [-0.2, 0) is 13.1 Å². The van der Waals surface area contributed by atoms with Crippen LogP contribution in [0.15, 0.2) is 45.5 Å². The third-order valence-electron chi connectivity index (χ3n) is 2.45. The molecule has 2 rings (SSSR count). The molecule has 2 N–H and O–H groups in total. The molecule has 1 heterocycles. The number of phenolic OH excluding ortho intramolecular Hbond substituents is 1. The second kappa shape index (κ2) is 6.31. The van der Waals surface area contributed by atoms with Gasteiger partial charge in [-0.3, -0.25) is 4.98 Å². The summed E-state index contributed by atoms with van der Waals surface area (Å²) in [5, 5.41) is 13.1. The molecule has 3 nitrogen and oxygen atoms in total. The largest absolute Gasteiger partial charge is 0.506 e. The molecule has 0 atom stereocenters. The van der Waals surface area contributed by atoms with E-state index in [0.29, 0.717) is 17.6 Å². The van der Waals surface area contributed by atoms with Crippen LogP contribution in [0.3, 0.4) is 0 Å². The van der Waals surface area contributed by atoms with Crippen molar-refractivity contribution < 1.29 is 5.11 Å². The number of hydrogen-bond acceptors (Lipinski definition) is 3. The summed E-state index contributed by atoms with van der Waals surface area (Å²) >= 11 is 6.72. The van der Waals surface area contributed by atoms with Gasteiger partial charge in [0.15, 0.2) is 0 Å². The van der Waals surface area contributed by atoms with E-state index in [0.717, 1.165) is 15.7 Å². The van der Waals surface area contributed by atoms with Gasteiger partial charge in [-0.05, 0) is 40.2 Å². The highest BCUT2D eigenvalue weighted by atomic mass is 79.9. The lowest BCUT2D eigenvalue weighted by Crippen LogP contribution is -2.13. The molecule has 5 heteroatoms. The fraction of sp³-hybridized carbons (Fsp3) is 0.154. The minimum absolute atomic E-state index is 0.270. The van der Waals surface area contributed by atoms with Crippen molar-refractivity contribution in [3.05, 3.63) is 56.7 Å². The average molecular weight is 372 g/mol. The molecule has 0 aliphatic carbocycles. The molecular formula is C13H12Br2N2O. The first kappa shape index (κ1) is 13.5. The summed E-state index contributed by atoms with van der Waals surface area (Å²) in [6, 6.07) is 9.52. The Hall–Kier alpha value is -0.910. The Bertz CT molecular complexity index is 532. The van der Waals surface area contributed by atoms with Gasteiger partial charge in [0.2, 0.25) is 0 Å². The van der Waals surface area contributed by atoms with Gasteiger partial charge in [-0.1, -0.05) is 22.0 Å². The monoisotopic (exact) mass is 370 g/mol. The van der Waals surface area contributed by atoms with E-state index in [1.54, 1.807) is 6.20 Å². The molecule has 94 valence electrons. The quantitative estimate of drug-likeness (QED) is 0.862. The zero-order valence-corrected chi connectivity index (χ0v) is 12.7. The molecule has 18 heavy (non-hydrogen) atoms. The Kier molecular flexibility index (Phi) is 4.74. The topological polar surface area (TPSA) is 45.1 Å². The highest BCUT2D eigenvalue weighted by Crippen LogP contribution is 2.31. The van der Waals surface area contributed by atoms with Crippen LogP contribution in [0, 0.1) is 0 Å². The van der Waals surface area contributed by atoms with Crippen LogP contribution in [0.25, 0.3) is 0 Å². The third kappa shape index (κ3) is 3.54. The number of benzene rings is 1. The summed E-state index contributed by atoms with van der Waals surface area (Å²) < 4.78 is 1.62. The molecule has 0 fully saturated rings. The highest BCUT2D eigenvalue weighted by Gasteiger charge is 2.06. The first-order valence-electron chi connectivity index (χ1n) is 5.44. The van der Waals surface area contributed by atoms with Crippen molar-refractivity contribution in [2.24, 2.45) is 0 Å². The normalized spacial score (nSPS) is 10.6. The molecule has 0 aliphatic rings. The summed E-state index contributed by atoms with van der Waals surface area (Å²) in [6.07, 6.45) is 1.77. The Morgan fingerprint density at radius 2 is 2.00 bits per heavy atom. The molecule has 0 amide bonds. The second-order valence-electron chi connectivity index (χ2n) is 3.82. The van der Waals surface area contributed by atoms with Crippen molar-refractivity contribution in [1.29, 1.82) is 0 Å². The molecule has 1 aromatic heterocycles. The minimum Gasteiger partial charge on any atom is -0.506 e. The molecule has 2 aromatic rings. The Labute approximate surface area is 123 Å². The van der Waals surface area contributed by atoms with Crippen molar-refractivity contribution in [2.75, 3.05) is 0 Å². The van der Waals surface area contributed by atoms with E-state index in [2.05, 4.69) is 42.2 Å². The molecule has 0 bridgehead atoms. The lowest BCUT2D eigenvalue weighted by molar-refractivity contribution is 0.460. The molecule has 0 saturated carbocycles. The van der Waals surface area contributed by atoms with Crippen LogP contribution in [0.5, 0.6) is 5.75 Å². The standard InChI is InChI=1S/C13H12Br2N2O/c14-10-5-9(13(18)12(15)6-10)7-16-8-11-3-1-2-4-17-11/h1-6,16,18H,7-8H2. The maximum atomic E-state index is 9.90. The predicted molar refractivity (Wildman–Crippen MR) is 78.3 cm³/mol. The Balaban J connectivity index is 1.99. The van der Waals surface area contributed by atoms with Gasteiger partial charge in [-0.15, -0.1) is 0 Å². The van der Waals surface area contributed by atoms with Crippen LogP contribution >= 0.6 is 31.9 Å². The van der Waals surface area contributed by atoms with Gasteiger partial charge < -0.3 is 10.4 Å². The van der Waals surface area contributed by atoms with Gasteiger partial charge in [0.05, 0.1) is 10.2 Å². The number of aromatic hydroxyl groups is 1. The fourth-order valence-corrected chi connectivity index (χ4v) is 2.90. The summed E-state index contributed by atoms with van der Waals surface area (Å²) in [4.78, 5) is 4.22. The number of halogens is 2. The average Bonchev–Trinajstić information content (AvgIpc) is 2.36. The van der Waals surface area contributed by atoms with Crippen LogP contribution in [0.1, 0.15) is 11.3 Å². The summed E-state index contributed by atoms with van der Waals surface area (Å²) in [7, 11) is 0. The predicted octanol–water partition coefficient (Wildman–Crippen LogP) is 3.60. The van der Waals surface area contributed by atoms with E-state index in [4.69, 9.17) is 0 Å². The summed E-state index contributed by atoms with van der Waals surface area (Å²) in [5.74, 6) is 0.270. The zero-order valence-electron chi connectivity index (χ0n) is 9.53. The SMILES string of the molecule is Oc1c(Br)cc(Br)cc1CNCc1ccccn1. The van der Waals surface area contributed by atoms with Gasteiger partial charge in [0.1, 0.15) is 5.75 Å². The first-order valence-corrected chi connectivity index (χ1v) is 7.03. The molecule has 0 spiro atoms. The molecule has 0 aliphatic heterocycles. The van der Waals surface area contributed by atoms with Gasteiger partial charge >= 0.3 is 0 Å². The van der Waals surface area contributed by atoms with Crippen molar-refractivity contribution >= 4 is 31.9 Å². The number of nitrogens with zero attached hydrogens (tertiary/aromatic N) is 1.